The molecule has 70 valence electrons. The molecule has 1 saturated heterocycles. The van der Waals surface area contributed by atoms with E-state index in [0.717, 1.165) is 5.84 Å². The lowest BCUT2D eigenvalue weighted by Crippen LogP contribution is -2.56. The van der Waals surface area contributed by atoms with Gasteiger partial charge >= 0.3 is 0 Å². The van der Waals surface area contributed by atoms with E-state index < -0.39 is 6.17 Å². The van der Waals surface area contributed by atoms with E-state index in [1.807, 2.05) is 14.0 Å². The maximum absolute atomic E-state index is 12.5. The fraction of sp³-hybridized carbons (Fsp3) is 0.875. The molecule has 0 saturated carbocycles. The number of rotatable bonds is 2. The average Bonchev–Trinajstić information content (AvgIpc) is 2.01. The zero-order chi connectivity index (χ0) is 9.14. The number of aliphatic imine (C=N–C) groups is 1. The maximum atomic E-state index is 12.5. The Morgan fingerprint density at radius 1 is 1.67 bits per heavy atom. The van der Waals surface area contributed by atoms with Crippen molar-refractivity contribution in [1.82, 2.24) is 10.2 Å². The highest BCUT2D eigenvalue weighted by atomic mass is 19.1. The van der Waals surface area contributed by atoms with Crippen LogP contribution in [0.4, 0.5) is 4.39 Å². The Hall–Kier alpha value is -0.640. The molecule has 3 nitrogen and oxygen atoms in total. The molecule has 0 spiro atoms. The van der Waals surface area contributed by atoms with Crippen molar-refractivity contribution in [2.24, 2.45) is 4.99 Å². The van der Waals surface area contributed by atoms with E-state index in [0.29, 0.717) is 13.1 Å². The van der Waals surface area contributed by atoms with Crippen molar-refractivity contribution < 1.29 is 4.39 Å². The van der Waals surface area contributed by atoms with Crippen molar-refractivity contribution in [3.63, 3.8) is 0 Å². The summed E-state index contributed by atoms with van der Waals surface area (Å²) in [5.74, 6) is 0.918. The monoisotopic (exact) mass is 173 g/mol. The van der Waals surface area contributed by atoms with Crippen LogP contribution in [0, 0.1) is 0 Å². The minimum absolute atomic E-state index is 0.215. The summed E-state index contributed by atoms with van der Waals surface area (Å²) in [6, 6.07) is 0.215. The van der Waals surface area contributed by atoms with Crippen LogP contribution in [0.5, 0.6) is 0 Å². The number of hydrogen-bond acceptors (Lipinski definition) is 2. The predicted octanol–water partition coefficient (Wildman–Crippen LogP) is 0.276. The molecule has 1 atom stereocenters. The molecular formula is C8H16FN3. The quantitative estimate of drug-likeness (QED) is 0.479. The predicted molar refractivity (Wildman–Crippen MR) is 48.3 cm³/mol. The second kappa shape index (κ2) is 3.85. The molecule has 1 heterocycles. The van der Waals surface area contributed by atoms with Crippen molar-refractivity contribution in [2.75, 3.05) is 27.2 Å². The van der Waals surface area contributed by atoms with E-state index in [2.05, 4.69) is 15.2 Å². The first-order chi connectivity index (χ1) is 5.69. The summed E-state index contributed by atoms with van der Waals surface area (Å²) in [5, 5.41) is 3.00. The Morgan fingerprint density at radius 2 is 2.25 bits per heavy atom. The number of likely N-dealkylation sites (tertiary alicyclic amines) is 1. The second-order valence-corrected chi connectivity index (χ2v) is 3.09. The summed E-state index contributed by atoms with van der Waals surface area (Å²) in [4.78, 5) is 6.13. The van der Waals surface area contributed by atoms with Gasteiger partial charge in [-0.1, -0.05) is 0 Å². The molecule has 1 aliphatic rings. The van der Waals surface area contributed by atoms with Gasteiger partial charge in [0.25, 0.3) is 0 Å². The molecular weight excluding hydrogens is 157 g/mol. The van der Waals surface area contributed by atoms with E-state index in [4.69, 9.17) is 0 Å². The van der Waals surface area contributed by atoms with Crippen LogP contribution >= 0.6 is 0 Å². The number of halogens is 1. The van der Waals surface area contributed by atoms with Gasteiger partial charge in [0.15, 0.2) is 0 Å². The highest BCUT2D eigenvalue weighted by Crippen LogP contribution is 2.14. The third kappa shape index (κ3) is 1.75. The first kappa shape index (κ1) is 9.45. The largest absolute Gasteiger partial charge is 0.376 e. The maximum Gasteiger partial charge on any atom is 0.125 e. The standard InChI is InChI=1S/C8H16FN3/c1-6(8(10-2)11-3)12-4-7(9)5-12/h6-7H,4-5H2,1-3H3,(H,10,11). The zero-order valence-corrected chi connectivity index (χ0v) is 7.84. The summed E-state index contributed by atoms with van der Waals surface area (Å²) in [6.07, 6.45) is -0.637. The van der Waals surface area contributed by atoms with Crippen molar-refractivity contribution in [2.45, 2.75) is 19.1 Å². The van der Waals surface area contributed by atoms with Crippen LogP contribution in [0.15, 0.2) is 4.99 Å². The number of alkyl halides is 1. The summed E-state index contributed by atoms with van der Waals surface area (Å²) >= 11 is 0. The average molecular weight is 173 g/mol. The molecule has 0 aromatic rings. The van der Waals surface area contributed by atoms with Crippen LogP contribution in [0.2, 0.25) is 0 Å². The molecule has 0 amide bonds. The van der Waals surface area contributed by atoms with Gasteiger partial charge in [-0.05, 0) is 6.92 Å². The first-order valence-electron chi connectivity index (χ1n) is 4.21. The third-order valence-corrected chi connectivity index (χ3v) is 2.31. The van der Waals surface area contributed by atoms with Gasteiger partial charge in [-0.3, -0.25) is 9.89 Å². The Kier molecular flexibility index (Phi) is 3.03. The molecule has 12 heavy (non-hydrogen) atoms. The van der Waals surface area contributed by atoms with E-state index in [-0.39, 0.29) is 6.04 Å². The van der Waals surface area contributed by atoms with Crippen LogP contribution in [-0.2, 0) is 0 Å². The molecule has 1 aliphatic heterocycles. The van der Waals surface area contributed by atoms with Crippen LogP contribution in [0.3, 0.4) is 0 Å². The summed E-state index contributed by atoms with van der Waals surface area (Å²) in [7, 11) is 3.58. The number of hydrogen-bond donors (Lipinski definition) is 1. The Bertz CT molecular complexity index is 175. The Morgan fingerprint density at radius 3 is 2.58 bits per heavy atom. The molecule has 1 unspecified atom stereocenters. The number of likely N-dealkylation sites (N-methyl/N-ethyl adjacent to an activating group) is 1. The van der Waals surface area contributed by atoms with Crippen LogP contribution in [-0.4, -0.2) is 50.1 Å². The SMILES string of the molecule is CN=C(NC)C(C)N1CC(F)C1. The smallest absolute Gasteiger partial charge is 0.125 e. The lowest BCUT2D eigenvalue weighted by molar-refractivity contribution is 0.0535. The molecule has 1 N–H and O–H groups in total. The highest BCUT2D eigenvalue weighted by Gasteiger charge is 2.31. The second-order valence-electron chi connectivity index (χ2n) is 3.09. The summed E-state index contributed by atoms with van der Waals surface area (Å²) in [5.41, 5.74) is 0. The van der Waals surface area contributed by atoms with Crippen molar-refractivity contribution >= 4 is 5.84 Å². The zero-order valence-electron chi connectivity index (χ0n) is 7.84. The molecule has 0 aromatic carbocycles. The van der Waals surface area contributed by atoms with Crippen molar-refractivity contribution in [3.05, 3.63) is 0 Å². The van der Waals surface area contributed by atoms with Gasteiger partial charge in [0.2, 0.25) is 0 Å². The fourth-order valence-corrected chi connectivity index (χ4v) is 1.45. The van der Waals surface area contributed by atoms with Gasteiger partial charge in [-0.15, -0.1) is 0 Å². The van der Waals surface area contributed by atoms with E-state index in [1.54, 1.807) is 7.05 Å². The molecule has 1 fully saturated rings. The summed E-state index contributed by atoms with van der Waals surface area (Å²) < 4.78 is 12.5. The Balaban J connectivity index is 2.42. The van der Waals surface area contributed by atoms with E-state index in [9.17, 15) is 4.39 Å². The number of nitrogens with one attached hydrogen (secondary N) is 1. The first-order valence-corrected chi connectivity index (χ1v) is 4.21. The highest BCUT2D eigenvalue weighted by molar-refractivity contribution is 5.86. The van der Waals surface area contributed by atoms with Crippen molar-refractivity contribution in [3.8, 4) is 0 Å². The Labute approximate surface area is 72.7 Å². The van der Waals surface area contributed by atoms with Gasteiger partial charge in [0.05, 0.1) is 6.04 Å². The number of amidine groups is 1. The van der Waals surface area contributed by atoms with E-state index >= 15 is 0 Å². The van der Waals surface area contributed by atoms with Gasteiger partial charge in [0, 0.05) is 27.2 Å². The van der Waals surface area contributed by atoms with Gasteiger partial charge in [-0.2, -0.15) is 0 Å². The van der Waals surface area contributed by atoms with Gasteiger partial charge in [-0.25, -0.2) is 4.39 Å². The molecule has 0 aromatic heterocycles. The number of nitrogens with zero attached hydrogens (tertiary/aromatic N) is 2. The van der Waals surface area contributed by atoms with Crippen molar-refractivity contribution in [1.29, 1.82) is 0 Å². The lowest BCUT2D eigenvalue weighted by Gasteiger charge is -2.39. The van der Waals surface area contributed by atoms with Crippen LogP contribution < -0.4 is 5.32 Å². The topological polar surface area (TPSA) is 27.6 Å². The molecule has 0 aliphatic carbocycles. The lowest BCUT2D eigenvalue weighted by atomic mass is 10.1. The summed E-state index contributed by atoms with van der Waals surface area (Å²) in [6.45, 7) is 3.12. The molecule has 1 rings (SSSR count). The van der Waals surface area contributed by atoms with Gasteiger partial charge in [0.1, 0.15) is 12.0 Å². The fourth-order valence-electron chi connectivity index (χ4n) is 1.45. The normalized spacial score (nSPS) is 23.5. The molecule has 0 bridgehead atoms. The minimum atomic E-state index is -0.637. The molecule has 0 radical (unpaired) electrons. The van der Waals surface area contributed by atoms with Crippen LogP contribution in [0.1, 0.15) is 6.92 Å². The minimum Gasteiger partial charge on any atom is -0.376 e. The van der Waals surface area contributed by atoms with Crippen LogP contribution in [0.25, 0.3) is 0 Å². The van der Waals surface area contributed by atoms with Gasteiger partial charge < -0.3 is 5.32 Å². The van der Waals surface area contributed by atoms with E-state index in [1.165, 1.54) is 0 Å². The third-order valence-electron chi connectivity index (χ3n) is 2.31. The molecule has 4 heteroatoms.